The Kier molecular flexibility index (Phi) is 6.03. The summed E-state index contributed by atoms with van der Waals surface area (Å²) in [5, 5.41) is 3.40. The van der Waals surface area contributed by atoms with Gasteiger partial charge in [0.2, 0.25) is 5.95 Å². The summed E-state index contributed by atoms with van der Waals surface area (Å²) in [6.07, 6.45) is 3.58. The van der Waals surface area contributed by atoms with Gasteiger partial charge in [0.15, 0.2) is 5.96 Å². The first-order chi connectivity index (χ1) is 11.8. The molecular weight excluding hydrogens is 388 g/mol. The lowest BCUT2D eigenvalue weighted by Gasteiger charge is -2.36. The molecule has 1 aliphatic rings. The highest BCUT2D eigenvalue weighted by atomic mass is 79.9. The molecular formula is C16H21BrN6S. The minimum absolute atomic E-state index is 0.709. The van der Waals surface area contributed by atoms with Crippen LogP contribution in [-0.4, -0.2) is 53.6 Å². The van der Waals surface area contributed by atoms with Gasteiger partial charge in [0.1, 0.15) is 0 Å². The molecule has 3 rings (SSSR count). The lowest BCUT2D eigenvalue weighted by Crippen LogP contribution is -2.52. The van der Waals surface area contributed by atoms with Crippen LogP contribution >= 0.6 is 27.3 Å². The molecule has 128 valence electrons. The first kappa shape index (κ1) is 17.2. The van der Waals surface area contributed by atoms with E-state index in [9.17, 15) is 0 Å². The van der Waals surface area contributed by atoms with Gasteiger partial charge in [-0.15, -0.1) is 11.3 Å². The molecule has 3 heterocycles. The van der Waals surface area contributed by atoms with E-state index >= 15 is 0 Å². The predicted molar refractivity (Wildman–Crippen MR) is 103 cm³/mol. The molecule has 0 aromatic carbocycles. The van der Waals surface area contributed by atoms with Crippen molar-refractivity contribution in [3.63, 3.8) is 0 Å². The molecule has 0 atom stereocenters. The van der Waals surface area contributed by atoms with Crippen LogP contribution in [0.25, 0.3) is 0 Å². The van der Waals surface area contributed by atoms with Crippen LogP contribution in [-0.2, 0) is 6.54 Å². The van der Waals surface area contributed by atoms with Gasteiger partial charge in [-0.2, -0.15) is 0 Å². The third kappa shape index (κ3) is 4.45. The molecule has 1 fully saturated rings. The van der Waals surface area contributed by atoms with Gasteiger partial charge in [-0.3, -0.25) is 0 Å². The van der Waals surface area contributed by atoms with Crippen LogP contribution in [0, 0.1) is 0 Å². The Hall–Kier alpha value is -1.67. The van der Waals surface area contributed by atoms with E-state index in [-0.39, 0.29) is 0 Å². The topological polar surface area (TPSA) is 56.7 Å². The lowest BCUT2D eigenvalue weighted by atomic mass is 10.3. The molecule has 0 bridgehead atoms. The van der Waals surface area contributed by atoms with Crippen LogP contribution in [0.15, 0.2) is 39.4 Å². The molecule has 1 saturated heterocycles. The number of anilines is 1. The standard InChI is InChI=1S/C16H21BrN6S/c1-2-18-15(21-12-13-4-5-14(17)24-13)22-8-10-23(11-9-22)16-19-6-3-7-20-16/h3-7H,2,8-12H2,1H3,(H,18,21). The van der Waals surface area contributed by atoms with Crippen LogP contribution in [0.4, 0.5) is 5.95 Å². The smallest absolute Gasteiger partial charge is 0.225 e. The summed E-state index contributed by atoms with van der Waals surface area (Å²) in [6, 6.07) is 6.03. The molecule has 6 nitrogen and oxygen atoms in total. The van der Waals surface area contributed by atoms with Crippen molar-refractivity contribution in [3.05, 3.63) is 39.3 Å². The molecule has 0 spiro atoms. The third-order valence-electron chi connectivity index (χ3n) is 3.76. The Morgan fingerprint density at radius 2 is 2.00 bits per heavy atom. The number of nitrogens with zero attached hydrogens (tertiary/aromatic N) is 5. The molecule has 2 aromatic heterocycles. The molecule has 8 heteroatoms. The van der Waals surface area contributed by atoms with Gasteiger partial charge in [0.25, 0.3) is 0 Å². The zero-order valence-corrected chi connectivity index (χ0v) is 16.1. The molecule has 1 N–H and O–H groups in total. The SMILES string of the molecule is CCNC(=NCc1ccc(Br)s1)N1CCN(c2ncccn2)CC1. The van der Waals surface area contributed by atoms with E-state index < -0.39 is 0 Å². The zero-order valence-electron chi connectivity index (χ0n) is 13.7. The van der Waals surface area contributed by atoms with Crippen LogP contribution in [0.2, 0.25) is 0 Å². The van der Waals surface area contributed by atoms with Gasteiger partial charge in [0, 0.05) is 50.0 Å². The van der Waals surface area contributed by atoms with Gasteiger partial charge in [-0.05, 0) is 41.1 Å². The summed E-state index contributed by atoms with van der Waals surface area (Å²) < 4.78 is 1.15. The van der Waals surface area contributed by atoms with E-state index in [1.165, 1.54) is 4.88 Å². The van der Waals surface area contributed by atoms with E-state index in [1.54, 1.807) is 23.7 Å². The van der Waals surface area contributed by atoms with Crippen molar-refractivity contribution < 1.29 is 0 Å². The number of piperazine rings is 1. The van der Waals surface area contributed by atoms with E-state index in [0.717, 1.165) is 48.4 Å². The molecule has 0 aliphatic carbocycles. The van der Waals surface area contributed by atoms with Gasteiger partial charge >= 0.3 is 0 Å². The van der Waals surface area contributed by atoms with Crippen molar-refractivity contribution >= 4 is 39.2 Å². The van der Waals surface area contributed by atoms with Crippen molar-refractivity contribution in [1.82, 2.24) is 20.2 Å². The third-order valence-corrected chi connectivity index (χ3v) is 5.37. The van der Waals surface area contributed by atoms with E-state index in [0.29, 0.717) is 6.54 Å². The Balaban J connectivity index is 1.61. The number of thiophene rings is 1. The van der Waals surface area contributed by atoms with Crippen LogP contribution in [0.3, 0.4) is 0 Å². The van der Waals surface area contributed by atoms with E-state index in [2.05, 4.69) is 60.1 Å². The van der Waals surface area contributed by atoms with Crippen molar-refractivity contribution in [2.75, 3.05) is 37.6 Å². The Morgan fingerprint density at radius 3 is 2.62 bits per heavy atom. The fourth-order valence-electron chi connectivity index (χ4n) is 2.59. The Labute approximate surface area is 154 Å². The van der Waals surface area contributed by atoms with Gasteiger partial charge in [-0.25, -0.2) is 15.0 Å². The van der Waals surface area contributed by atoms with Gasteiger partial charge < -0.3 is 15.1 Å². The number of aliphatic imine (C=N–C) groups is 1. The van der Waals surface area contributed by atoms with Gasteiger partial charge in [0.05, 0.1) is 10.3 Å². The largest absolute Gasteiger partial charge is 0.357 e. The average molecular weight is 409 g/mol. The van der Waals surface area contributed by atoms with Crippen LogP contribution < -0.4 is 10.2 Å². The number of rotatable bonds is 4. The Bertz CT molecular complexity index is 666. The number of hydrogen-bond donors (Lipinski definition) is 1. The highest BCUT2D eigenvalue weighted by Crippen LogP contribution is 2.22. The maximum Gasteiger partial charge on any atom is 0.225 e. The second-order valence-electron chi connectivity index (χ2n) is 5.40. The Morgan fingerprint density at radius 1 is 1.25 bits per heavy atom. The minimum Gasteiger partial charge on any atom is -0.357 e. The summed E-state index contributed by atoms with van der Waals surface area (Å²) in [6.45, 7) is 7.31. The molecule has 0 amide bonds. The number of nitrogens with one attached hydrogen (secondary N) is 1. The van der Waals surface area contributed by atoms with Crippen LogP contribution in [0.1, 0.15) is 11.8 Å². The fourth-order valence-corrected chi connectivity index (χ4v) is 4.00. The fraction of sp³-hybridized carbons (Fsp3) is 0.438. The first-order valence-electron chi connectivity index (χ1n) is 8.05. The normalized spacial score (nSPS) is 15.7. The molecule has 0 radical (unpaired) electrons. The average Bonchev–Trinajstić information content (AvgIpc) is 3.05. The summed E-state index contributed by atoms with van der Waals surface area (Å²) >= 11 is 5.23. The number of hydrogen-bond acceptors (Lipinski definition) is 5. The van der Waals surface area contributed by atoms with E-state index in [1.807, 2.05) is 6.07 Å². The number of aromatic nitrogens is 2. The highest BCUT2D eigenvalue weighted by molar-refractivity contribution is 9.11. The minimum atomic E-state index is 0.709. The van der Waals surface area contributed by atoms with Crippen LogP contribution in [0.5, 0.6) is 0 Å². The molecule has 1 aliphatic heterocycles. The van der Waals surface area contributed by atoms with Crippen molar-refractivity contribution in [2.24, 2.45) is 4.99 Å². The van der Waals surface area contributed by atoms with Crippen molar-refractivity contribution in [3.8, 4) is 0 Å². The second-order valence-corrected chi connectivity index (χ2v) is 7.95. The monoisotopic (exact) mass is 408 g/mol. The predicted octanol–water partition coefficient (Wildman–Crippen LogP) is 2.59. The summed E-state index contributed by atoms with van der Waals surface area (Å²) in [4.78, 5) is 19.2. The molecule has 2 aromatic rings. The summed E-state index contributed by atoms with van der Waals surface area (Å²) in [5.74, 6) is 1.79. The zero-order chi connectivity index (χ0) is 16.8. The summed E-state index contributed by atoms with van der Waals surface area (Å²) in [5.41, 5.74) is 0. The first-order valence-corrected chi connectivity index (χ1v) is 9.66. The van der Waals surface area contributed by atoms with Crippen molar-refractivity contribution in [1.29, 1.82) is 0 Å². The summed E-state index contributed by atoms with van der Waals surface area (Å²) in [7, 11) is 0. The maximum atomic E-state index is 4.79. The maximum absolute atomic E-state index is 4.79. The number of halogens is 1. The van der Waals surface area contributed by atoms with E-state index in [4.69, 9.17) is 4.99 Å². The lowest BCUT2D eigenvalue weighted by molar-refractivity contribution is 0.370. The second kappa shape index (κ2) is 8.43. The van der Waals surface area contributed by atoms with Gasteiger partial charge in [-0.1, -0.05) is 0 Å². The number of guanidine groups is 1. The quantitative estimate of drug-likeness (QED) is 0.622. The highest BCUT2D eigenvalue weighted by Gasteiger charge is 2.21. The van der Waals surface area contributed by atoms with Crippen molar-refractivity contribution in [2.45, 2.75) is 13.5 Å². The molecule has 0 unspecified atom stereocenters. The molecule has 24 heavy (non-hydrogen) atoms. The molecule has 0 saturated carbocycles.